The molecule has 0 spiro atoms. The Morgan fingerprint density at radius 3 is 2.32 bits per heavy atom. The van der Waals surface area contributed by atoms with Crippen LogP contribution in [0.25, 0.3) is 28.0 Å². The molecule has 1 aliphatic heterocycles. The molecule has 0 N–H and O–H groups in total. The molecular formula is C30H27IrN3+. The average Bonchev–Trinajstić information content (AvgIpc) is 3.25. The summed E-state index contributed by atoms with van der Waals surface area (Å²) in [6.45, 7) is 8.99. The Labute approximate surface area is 215 Å². The Morgan fingerprint density at radius 1 is 0.853 bits per heavy atom. The minimum atomic E-state index is -0.0103. The third-order valence-electron chi connectivity index (χ3n) is 6.28. The van der Waals surface area contributed by atoms with Crippen molar-refractivity contribution in [2.24, 2.45) is 0 Å². The molecule has 0 amide bonds. The number of hydrogen-bond acceptors (Lipinski definition) is 1. The van der Waals surface area contributed by atoms with Crippen molar-refractivity contribution in [2.75, 3.05) is 0 Å². The summed E-state index contributed by atoms with van der Waals surface area (Å²) < 4.78 is 4.41. The number of imidazole rings is 1. The molecule has 0 radical (unpaired) electrons. The van der Waals surface area contributed by atoms with E-state index in [-0.39, 0.29) is 25.5 Å². The van der Waals surface area contributed by atoms with Crippen molar-refractivity contribution in [1.82, 2.24) is 9.55 Å². The van der Waals surface area contributed by atoms with Gasteiger partial charge in [0.2, 0.25) is 6.33 Å². The maximum atomic E-state index is 4.22. The number of nitrogens with zero attached hydrogens (tertiary/aromatic N) is 3. The largest absolute Gasteiger partial charge is 3.00 e. The monoisotopic (exact) mass is 622 g/mol. The molecule has 0 unspecified atom stereocenters. The van der Waals surface area contributed by atoms with Gasteiger partial charge < -0.3 is 14.1 Å². The smallest absolute Gasteiger partial charge is 0.341 e. The molecule has 3 aromatic carbocycles. The molecule has 34 heavy (non-hydrogen) atoms. The Hall–Kier alpha value is -3.07. The molecule has 0 atom stereocenters. The van der Waals surface area contributed by atoms with Gasteiger partial charge in [0.25, 0.3) is 0 Å². The fraction of sp³-hybridized carbons (Fsp3) is 0.200. The van der Waals surface area contributed by atoms with Crippen LogP contribution in [0.5, 0.6) is 0 Å². The molecule has 3 heterocycles. The topological polar surface area (TPSA) is 21.7 Å². The van der Waals surface area contributed by atoms with Gasteiger partial charge in [-0.05, 0) is 31.0 Å². The van der Waals surface area contributed by atoms with Gasteiger partial charge in [-0.3, -0.25) is 0 Å². The van der Waals surface area contributed by atoms with Crippen molar-refractivity contribution < 1.29 is 24.7 Å². The van der Waals surface area contributed by atoms with Crippen molar-refractivity contribution in [2.45, 2.75) is 39.2 Å². The second-order valence-electron chi connectivity index (χ2n) is 9.12. The number of fused-ring (bicyclic) bond motifs is 2. The van der Waals surface area contributed by atoms with E-state index < -0.39 is 0 Å². The van der Waals surface area contributed by atoms with Crippen LogP contribution in [-0.2, 0) is 25.5 Å². The van der Waals surface area contributed by atoms with Gasteiger partial charge in [0.1, 0.15) is 0 Å². The fourth-order valence-corrected chi connectivity index (χ4v) is 4.57. The third-order valence-corrected chi connectivity index (χ3v) is 6.28. The molecule has 0 saturated heterocycles. The number of pyridine rings is 1. The van der Waals surface area contributed by atoms with Crippen LogP contribution in [0.1, 0.15) is 44.9 Å². The van der Waals surface area contributed by atoms with E-state index in [1.165, 1.54) is 22.2 Å². The Bertz CT molecular complexity index is 1370. The summed E-state index contributed by atoms with van der Waals surface area (Å²) in [5.74, 6) is 0. The summed E-state index contributed by atoms with van der Waals surface area (Å²) in [5.41, 5.74) is 8.32. The molecular weight excluding hydrogens is 595 g/mol. The molecule has 4 heteroatoms. The first-order valence-electron chi connectivity index (χ1n) is 11.4. The fourth-order valence-electron chi connectivity index (χ4n) is 4.57. The van der Waals surface area contributed by atoms with Gasteiger partial charge in [0.15, 0.2) is 0 Å². The van der Waals surface area contributed by atoms with E-state index in [9.17, 15) is 0 Å². The standard InChI is InChI=1S/C19H19N2.C11H8N.Ir/c1-13(2)20-12-21-16-10-6-5-8-14(16)19(3,4)15-9-7-11-17(20)18(15)21;1-2-6-10(7-3-1)11-8-4-5-9-12-11;/h5-9,11,13H,1-4H3;1-6,8-9H;/q2*-1;+3. The van der Waals surface area contributed by atoms with E-state index in [0.29, 0.717) is 6.04 Å². The number of benzene rings is 3. The number of para-hydroxylation sites is 2. The SMILES string of the molecule is CC(C)n1[c-][n+]2c3c(cccc31)C(C)(C)c1ccc[c-]c1-2.[Ir+3].[c-]1ccccc1-c1ccccn1. The Balaban J connectivity index is 0.000000180. The quantitative estimate of drug-likeness (QED) is 0.168. The predicted molar refractivity (Wildman–Crippen MR) is 132 cm³/mol. The summed E-state index contributed by atoms with van der Waals surface area (Å²) in [5, 5.41) is 0. The van der Waals surface area contributed by atoms with E-state index in [1.807, 2.05) is 48.5 Å². The van der Waals surface area contributed by atoms with Gasteiger partial charge in [-0.15, -0.1) is 41.5 Å². The maximum Gasteiger partial charge on any atom is 3.00 e. The van der Waals surface area contributed by atoms with E-state index in [2.05, 4.69) is 90.6 Å². The van der Waals surface area contributed by atoms with Gasteiger partial charge in [-0.2, -0.15) is 24.3 Å². The average molecular weight is 622 g/mol. The summed E-state index contributed by atoms with van der Waals surface area (Å²) >= 11 is 0. The zero-order valence-corrected chi connectivity index (χ0v) is 22.2. The molecule has 1 aliphatic rings. The van der Waals surface area contributed by atoms with E-state index in [0.717, 1.165) is 16.9 Å². The molecule has 0 bridgehead atoms. The molecule has 170 valence electrons. The normalized spacial score (nSPS) is 13.0. The number of aromatic nitrogens is 3. The van der Waals surface area contributed by atoms with Crippen molar-refractivity contribution >= 4 is 11.0 Å². The minimum Gasteiger partial charge on any atom is -0.341 e. The van der Waals surface area contributed by atoms with Crippen LogP contribution in [0.15, 0.2) is 85.1 Å². The van der Waals surface area contributed by atoms with Gasteiger partial charge >= 0.3 is 20.1 Å². The van der Waals surface area contributed by atoms with Crippen LogP contribution in [0.4, 0.5) is 0 Å². The summed E-state index contributed by atoms with van der Waals surface area (Å²) in [7, 11) is 0. The van der Waals surface area contributed by atoms with Gasteiger partial charge in [-0.1, -0.05) is 55.4 Å². The third kappa shape index (κ3) is 4.13. The molecule has 0 saturated carbocycles. The predicted octanol–water partition coefficient (Wildman–Crippen LogP) is 6.28. The number of rotatable bonds is 2. The Kier molecular flexibility index (Phi) is 6.84. The first-order valence-corrected chi connectivity index (χ1v) is 11.4. The van der Waals surface area contributed by atoms with Gasteiger partial charge in [0.05, 0.1) is 17.1 Å². The van der Waals surface area contributed by atoms with Crippen LogP contribution >= 0.6 is 0 Å². The van der Waals surface area contributed by atoms with E-state index in [4.69, 9.17) is 0 Å². The summed E-state index contributed by atoms with van der Waals surface area (Å²) in [4.78, 5) is 4.22. The second kappa shape index (κ2) is 9.66. The molecule has 0 fully saturated rings. The molecule has 2 aromatic heterocycles. The first-order chi connectivity index (χ1) is 16.0. The van der Waals surface area contributed by atoms with E-state index >= 15 is 0 Å². The van der Waals surface area contributed by atoms with Crippen molar-refractivity contribution in [3.63, 3.8) is 0 Å². The maximum absolute atomic E-state index is 4.22. The van der Waals surface area contributed by atoms with Crippen LogP contribution < -0.4 is 4.57 Å². The molecule has 5 aromatic rings. The van der Waals surface area contributed by atoms with Crippen LogP contribution in [-0.4, -0.2) is 9.55 Å². The van der Waals surface area contributed by atoms with Crippen LogP contribution in [0.3, 0.4) is 0 Å². The minimum absolute atomic E-state index is 0. The summed E-state index contributed by atoms with van der Waals surface area (Å²) in [6, 6.07) is 33.5. The van der Waals surface area contributed by atoms with E-state index in [1.54, 1.807) is 6.20 Å². The van der Waals surface area contributed by atoms with Crippen molar-refractivity contribution in [3.8, 4) is 16.9 Å². The molecule has 3 nitrogen and oxygen atoms in total. The second-order valence-corrected chi connectivity index (χ2v) is 9.12. The van der Waals surface area contributed by atoms with Crippen molar-refractivity contribution in [1.29, 1.82) is 0 Å². The molecule has 6 rings (SSSR count). The van der Waals surface area contributed by atoms with Crippen LogP contribution in [0, 0.1) is 18.5 Å². The van der Waals surface area contributed by atoms with Gasteiger partial charge in [-0.25, -0.2) is 0 Å². The zero-order chi connectivity index (χ0) is 23.0. The van der Waals surface area contributed by atoms with Crippen LogP contribution in [0.2, 0.25) is 0 Å². The zero-order valence-electron chi connectivity index (χ0n) is 19.8. The number of hydrogen-bond donors (Lipinski definition) is 0. The Morgan fingerprint density at radius 2 is 1.62 bits per heavy atom. The first kappa shape index (κ1) is 24.1. The summed E-state index contributed by atoms with van der Waals surface area (Å²) in [6.07, 6.45) is 5.31. The van der Waals surface area contributed by atoms with Gasteiger partial charge in [0, 0.05) is 6.20 Å². The van der Waals surface area contributed by atoms with Crippen molar-refractivity contribution in [3.05, 3.63) is 115 Å². The molecule has 0 aliphatic carbocycles.